The van der Waals surface area contributed by atoms with Crippen molar-refractivity contribution in [3.05, 3.63) is 0 Å². The molecule has 0 aliphatic carbocycles. The molecule has 0 aromatic heterocycles. The molecule has 0 rings (SSSR count). The predicted octanol–water partition coefficient (Wildman–Crippen LogP) is -1.56. The third kappa shape index (κ3) is 1500. The van der Waals surface area contributed by atoms with Gasteiger partial charge in [0.15, 0.2) is 0 Å². The van der Waals surface area contributed by atoms with Crippen molar-refractivity contribution in [3.8, 4) is 0 Å². The second-order valence-electron chi connectivity index (χ2n) is 0.365. The summed E-state index contributed by atoms with van der Waals surface area (Å²) in [7, 11) is 0. The molecule has 8 nitrogen and oxygen atoms in total. The summed E-state index contributed by atoms with van der Waals surface area (Å²) in [6.07, 6.45) is 0. The molecule has 0 heterocycles. The standard InChI is InChI=1S/4CHO2.2Rh/c4*2-1-3;;/h4*(H,2,3);;/q4*-1;2*+2. The van der Waals surface area contributed by atoms with E-state index in [1.807, 2.05) is 0 Å². The minimum atomic E-state index is 0. The SMILES string of the molecule is O=[C-]O.O=[C-]O.O=[C-]O.O=[C-]O.[Rh+2].[Rh+2]. The van der Waals surface area contributed by atoms with Crippen LogP contribution in [0.5, 0.6) is 0 Å². The van der Waals surface area contributed by atoms with Gasteiger partial charge in [0.05, 0.1) is 0 Å². The molecule has 14 heavy (non-hydrogen) atoms. The van der Waals surface area contributed by atoms with E-state index in [0.29, 0.717) is 25.9 Å². The molecule has 0 saturated heterocycles. The molecule has 0 aliphatic rings. The van der Waals surface area contributed by atoms with Crippen molar-refractivity contribution >= 4 is 25.9 Å². The molecule has 0 spiro atoms. The van der Waals surface area contributed by atoms with Gasteiger partial charge >= 0.3 is 39.0 Å². The average molecular weight is 386 g/mol. The maximum absolute atomic E-state index is 8.24. The maximum atomic E-state index is 8.24. The molecule has 0 aromatic carbocycles. The van der Waals surface area contributed by atoms with Crippen molar-refractivity contribution in [2.45, 2.75) is 0 Å². The van der Waals surface area contributed by atoms with Gasteiger partial charge in [-0.1, -0.05) is 25.9 Å². The van der Waals surface area contributed by atoms with Crippen molar-refractivity contribution in [1.29, 1.82) is 0 Å². The number of aliphatic hydroxyl groups excluding tert-OH is 4. The topological polar surface area (TPSA) is 149 Å². The number of rotatable bonds is 0. The van der Waals surface area contributed by atoms with E-state index >= 15 is 0 Å². The van der Waals surface area contributed by atoms with Gasteiger partial charge < -0.3 is 39.6 Å². The summed E-state index contributed by atoms with van der Waals surface area (Å²) in [4.78, 5) is 32.9. The summed E-state index contributed by atoms with van der Waals surface area (Å²) in [5.74, 6) is 0. The molecule has 0 fully saturated rings. The van der Waals surface area contributed by atoms with Crippen molar-refractivity contribution in [3.63, 3.8) is 0 Å². The van der Waals surface area contributed by atoms with Crippen LogP contribution in [0.1, 0.15) is 0 Å². The summed E-state index contributed by atoms with van der Waals surface area (Å²) in [5, 5.41) is 27.1. The summed E-state index contributed by atoms with van der Waals surface area (Å²) in [6, 6.07) is 0. The first-order valence-electron chi connectivity index (χ1n) is 1.71. The van der Waals surface area contributed by atoms with Crippen LogP contribution >= 0.6 is 0 Å². The molecule has 0 aromatic rings. The zero-order valence-corrected chi connectivity index (χ0v) is 9.37. The van der Waals surface area contributed by atoms with Crippen molar-refractivity contribution in [1.82, 2.24) is 0 Å². The predicted molar refractivity (Wildman–Crippen MR) is 33.3 cm³/mol. The Kier molecular flexibility index (Phi) is 417. The van der Waals surface area contributed by atoms with E-state index in [0.717, 1.165) is 0 Å². The first kappa shape index (κ1) is 38.0. The fourth-order valence-corrected chi connectivity index (χ4v) is 0. The molecule has 0 unspecified atom stereocenters. The van der Waals surface area contributed by atoms with E-state index in [-0.39, 0.29) is 39.0 Å². The van der Waals surface area contributed by atoms with E-state index in [9.17, 15) is 0 Å². The first-order valence-corrected chi connectivity index (χ1v) is 1.71. The van der Waals surface area contributed by atoms with Crippen molar-refractivity contribution in [2.24, 2.45) is 0 Å². The first-order chi connectivity index (χ1) is 5.66. The Morgan fingerprint density at radius 2 is 0.500 bits per heavy atom. The Labute approximate surface area is 104 Å². The Balaban J connectivity index is -0.0000000145. The average Bonchev–Trinajstić information content (AvgIpc) is 1.92. The summed E-state index contributed by atoms with van der Waals surface area (Å²) in [6.45, 7) is 2.00. The van der Waals surface area contributed by atoms with Crippen LogP contribution in [0.25, 0.3) is 0 Å². The maximum Gasteiger partial charge on any atom is 2.00 e. The minimum Gasteiger partial charge on any atom is -0.665 e. The Morgan fingerprint density at radius 1 is 0.500 bits per heavy atom. The third-order valence-corrected chi connectivity index (χ3v) is 0. The normalized spacial score (nSPS) is 3.43. The van der Waals surface area contributed by atoms with Crippen molar-refractivity contribution in [2.75, 3.05) is 0 Å². The van der Waals surface area contributed by atoms with Gasteiger partial charge in [-0.25, -0.2) is 0 Å². The van der Waals surface area contributed by atoms with Gasteiger partial charge in [0.1, 0.15) is 0 Å². The van der Waals surface area contributed by atoms with Gasteiger partial charge in [-0.05, 0) is 0 Å². The second kappa shape index (κ2) is 154. The summed E-state index contributed by atoms with van der Waals surface area (Å²) < 4.78 is 0. The molecule has 0 bridgehead atoms. The summed E-state index contributed by atoms with van der Waals surface area (Å²) >= 11 is 0. The third-order valence-electron chi connectivity index (χ3n) is 0. The van der Waals surface area contributed by atoms with Crippen LogP contribution in [-0.4, -0.2) is 46.3 Å². The van der Waals surface area contributed by atoms with Crippen LogP contribution in [0, 0.1) is 0 Å². The van der Waals surface area contributed by atoms with E-state index in [4.69, 9.17) is 39.6 Å². The van der Waals surface area contributed by atoms with E-state index in [2.05, 4.69) is 0 Å². The van der Waals surface area contributed by atoms with Crippen LogP contribution in [0.3, 0.4) is 0 Å². The van der Waals surface area contributed by atoms with Crippen LogP contribution in [0.2, 0.25) is 0 Å². The molecule has 0 saturated carbocycles. The molecule has 2 radical (unpaired) electrons. The van der Waals surface area contributed by atoms with E-state index < -0.39 is 0 Å². The largest absolute Gasteiger partial charge is 2.00 e. The van der Waals surface area contributed by atoms with Crippen LogP contribution in [0.4, 0.5) is 0 Å². The Morgan fingerprint density at radius 3 is 0.500 bits per heavy atom. The summed E-state index contributed by atoms with van der Waals surface area (Å²) in [5.41, 5.74) is 0. The van der Waals surface area contributed by atoms with Gasteiger partial charge in [-0.2, -0.15) is 0 Å². The van der Waals surface area contributed by atoms with Crippen LogP contribution in [-0.2, 0) is 58.1 Å². The quantitative estimate of drug-likeness (QED) is 0.289. The molecule has 0 amide bonds. The Bertz CT molecular complexity index is 73.3. The smallest absolute Gasteiger partial charge is 0.665 e. The van der Waals surface area contributed by atoms with Gasteiger partial charge in [0.2, 0.25) is 0 Å². The van der Waals surface area contributed by atoms with E-state index in [1.165, 1.54) is 0 Å². The van der Waals surface area contributed by atoms with Gasteiger partial charge in [-0.15, -0.1) is 0 Å². The molecule has 86 valence electrons. The second-order valence-corrected chi connectivity index (χ2v) is 0.365. The molecule has 10 heteroatoms. The van der Waals surface area contributed by atoms with Gasteiger partial charge in [0, 0.05) is 0 Å². The van der Waals surface area contributed by atoms with Crippen LogP contribution in [0.15, 0.2) is 0 Å². The molecular formula is C4H4O8Rh2. The van der Waals surface area contributed by atoms with Gasteiger partial charge in [0.25, 0.3) is 0 Å². The zero-order valence-electron chi connectivity index (χ0n) is 6.09. The fourth-order valence-electron chi connectivity index (χ4n) is 0. The molecular weight excluding hydrogens is 382 g/mol. The zero-order chi connectivity index (χ0) is 10.8. The molecule has 0 atom stereocenters. The van der Waals surface area contributed by atoms with Crippen molar-refractivity contribution < 1.29 is 78.6 Å². The number of hydrogen-bond donors (Lipinski definition) is 4. The monoisotopic (exact) mass is 386 g/mol. The van der Waals surface area contributed by atoms with Crippen LogP contribution < -0.4 is 0 Å². The van der Waals surface area contributed by atoms with E-state index in [1.54, 1.807) is 0 Å². The molecule has 4 N–H and O–H groups in total. The number of hydrogen-bond acceptors (Lipinski definition) is 4. The minimum absolute atomic E-state index is 0. The molecule has 0 aliphatic heterocycles. The Hall–Kier alpha value is -0.873. The van der Waals surface area contributed by atoms with Gasteiger partial charge in [-0.3, -0.25) is 0 Å². The fraction of sp³-hybridized carbons (Fsp3) is 0.